The van der Waals surface area contributed by atoms with Crippen molar-refractivity contribution in [1.29, 1.82) is 0 Å². The van der Waals surface area contributed by atoms with E-state index >= 15 is 0 Å². The molecule has 64 heavy (non-hydrogen) atoms. The Hall–Kier alpha value is -7.30. The predicted molar refractivity (Wildman–Crippen MR) is 273 cm³/mol. The summed E-state index contributed by atoms with van der Waals surface area (Å²) in [5.74, 6) is 0.505. The minimum Gasteiger partial charge on any atom is -0.452 e. The monoisotopic (exact) mass is 832 g/mol. The van der Waals surface area contributed by atoms with Crippen molar-refractivity contribution in [2.24, 2.45) is 0 Å². The lowest BCUT2D eigenvalue weighted by Gasteiger charge is -2.26. The molecular formula is C60H52N2O2. The molecule has 0 aliphatic carbocycles. The van der Waals surface area contributed by atoms with Gasteiger partial charge in [0.05, 0.1) is 0 Å². The van der Waals surface area contributed by atoms with Crippen LogP contribution in [0.25, 0.3) is 65.4 Å². The molecule has 0 N–H and O–H groups in total. The topological polar surface area (TPSA) is 32.8 Å². The average Bonchev–Trinajstić information content (AvgIpc) is 3.85. The van der Waals surface area contributed by atoms with Gasteiger partial charge in [0, 0.05) is 55.7 Å². The highest BCUT2D eigenvalue weighted by Crippen LogP contribution is 2.49. The number of furan rings is 2. The van der Waals surface area contributed by atoms with Gasteiger partial charge in [-0.2, -0.15) is 0 Å². The van der Waals surface area contributed by atoms with Crippen LogP contribution in [0.5, 0.6) is 0 Å². The van der Waals surface area contributed by atoms with Crippen molar-refractivity contribution in [2.45, 2.75) is 67.2 Å². The zero-order valence-corrected chi connectivity index (χ0v) is 37.9. The standard InChI is InChI=1S/C60H52N2O2/c1-35(2)55-56(36(3)4)58-52-32-42-22-26-50(62(46-17-13-10-14-18-46)48-24-20-38(6)40(8)28-48)30-44(42)34-54(52)64-60(58)59-57(55)51-31-41-21-25-49(29-43(41)33-53(51)63-59)61(45-15-11-9-12-16-45)47-23-19-37(5)39(7)27-47/h9-36H,1-8H3. The minimum absolute atomic E-state index is 0.253. The number of hydrogen-bond donors (Lipinski definition) is 0. The lowest BCUT2D eigenvalue weighted by atomic mass is 9.84. The van der Waals surface area contributed by atoms with Crippen molar-refractivity contribution in [3.8, 4) is 0 Å². The zero-order chi connectivity index (χ0) is 44.0. The molecule has 0 radical (unpaired) electrons. The van der Waals surface area contributed by atoms with Crippen molar-refractivity contribution < 1.29 is 8.83 Å². The molecule has 0 bridgehead atoms. The van der Waals surface area contributed by atoms with Gasteiger partial charge in [-0.15, -0.1) is 0 Å². The van der Waals surface area contributed by atoms with E-state index in [1.54, 1.807) is 0 Å². The van der Waals surface area contributed by atoms with Crippen LogP contribution in [0.2, 0.25) is 0 Å². The number of aryl methyl sites for hydroxylation is 4. The number of fused-ring (bicyclic) bond motifs is 9. The van der Waals surface area contributed by atoms with Crippen LogP contribution in [0.15, 0.2) is 167 Å². The average molecular weight is 833 g/mol. The number of para-hydroxylation sites is 2. The van der Waals surface area contributed by atoms with Crippen LogP contribution in [0.4, 0.5) is 34.1 Å². The van der Waals surface area contributed by atoms with Gasteiger partial charge in [0.15, 0.2) is 11.2 Å². The number of anilines is 6. The number of benzene rings is 9. The Labute approximate surface area is 375 Å². The van der Waals surface area contributed by atoms with Crippen LogP contribution < -0.4 is 9.80 Å². The van der Waals surface area contributed by atoms with E-state index in [9.17, 15) is 0 Å². The molecule has 0 aliphatic rings. The van der Waals surface area contributed by atoms with Gasteiger partial charge in [-0.3, -0.25) is 0 Å². The molecule has 11 rings (SSSR count). The maximum atomic E-state index is 7.08. The first kappa shape index (κ1) is 39.5. The van der Waals surface area contributed by atoms with Crippen LogP contribution in [0, 0.1) is 27.7 Å². The van der Waals surface area contributed by atoms with Gasteiger partial charge in [-0.25, -0.2) is 0 Å². The molecule has 0 spiro atoms. The quantitative estimate of drug-likeness (QED) is 0.153. The molecule has 314 valence electrons. The van der Waals surface area contributed by atoms with Gasteiger partial charge in [0.25, 0.3) is 0 Å². The molecule has 4 nitrogen and oxygen atoms in total. The molecule has 0 saturated heterocycles. The summed E-state index contributed by atoms with van der Waals surface area (Å²) < 4.78 is 14.2. The highest BCUT2D eigenvalue weighted by molar-refractivity contribution is 6.24. The second-order valence-corrected chi connectivity index (χ2v) is 18.4. The third kappa shape index (κ3) is 6.42. The van der Waals surface area contributed by atoms with Crippen molar-refractivity contribution in [3.05, 3.63) is 191 Å². The van der Waals surface area contributed by atoms with Gasteiger partial charge in [0.1, 0.15) is 11.2 Å². The molecule has 0 saturated carbocycles. The number of nitrogens with zero attached hydrogens (tertiary/aromatic N) is 2. The number of rotatable bonds is 8. The third-order valence-electron chi connectivity index (χ3n) is 13.5. The molecule has 11 aromatic rings. The molecule has 0 amide bonds. The van der Waals surface area contributed by atoms with Crippen molar-refractivity contribution in [1.82, 2.24) is 0 Å². The molecule has 0 aliphatic heterocycles. The van der Waals surface area contributed by atoms with E-state index in [0.29, 0.717) is 0 Å². The SMILES string of the molecule is Cc1ccc(N(c2ccccc2)c2ccc3cc4c(cc3c2)oc2c3oc5cc6cc(N(c7ccccc7)c7ccc(C)c(C)c7)ccc6cc5c3c(C(C)C)c(C(C)C)c42)cc1C. The summed E-state index contributed by atoms with van der Waals surface area (Å²) in [6.45, 7) is 18.0. The van der Waals surface area contributed by atoms with E-state index < -0.39 is 0 Å². The van der Waals surface area contributed by atoms with Gasteiger partial charge in [0.2, 0.25) is 0 Å². The first-order valence-electron chi connectivity index (χ1n) is 22.6. The van der Waals surface area contributed by atoms with E-state index in [4.69, 9.17) is 8.83 Å². The van der Waals surface area contributed by atoms with Gasteiger partial charge in [-0.1, -0.05) is 88.4 Å². The van der Waals surface area contributed by atoms with Crippen LogP contribution >= 0.6 is 0 Å². The molecule has 9 aromatic carbocycles. The van der Waals surface area contributed by atoms with E-state index in [1.807, 2.05) is 0 Å². The summed E-state index contributed by atoms with van der Waals surface area (Å²) in [6, 6.07) is 57.4. The van der Waals surface area contributed by atoms with Crippen LogP contribution in [-0.2, 0) is 0 Å². The lowest BCUT2D eigenvalue weighted by Crippen LogP contribution is -2.10. The summed E-state index contributed by atoms with van der Waals surface area (Å²) in [5.41, 5.74) is 17.8. The summed E-state index contributed by atoms with van der Waals surface area (Å²) in [4.78, 5) is 4.68. The highest BCUT2D eigenvalue weighted by atomic mass is 16.4. The van der Waals surface area contributed by atoms with Crippen molar-refractivity contribution >= 4 is 99.5 Å². The van der Waals surface area contributed by atoms with Gasteiger partial charge < -0.3 is 18.6 Å². The molecule has 2 aromatic heterocycles. The Morgan fingerprint density at radius 1 is 0.344 bits per heavy atom. The number of hydrogen-bond acceptors (Lipinski definition) is 4. The first-order valence-corrected chi connectivity index (χ1v) is 22.6. The summed E-state index contributed by atoms with van der Waals surface area (Å²) >= 11 is 0. The highest BCUT2D eigenvalue weighted by Gasteiger charge is 2.28. The Morgan fingerprint density at radius 2 is 0.719 bits per heavy atom. The Bertz CT molecular complexity index is 3370. The van der Waals surface area contributed by atoms with E-state index in [-0.39, 0.29) is 11.8 Å². The normalized spacial score (nSPS) is 12.0. The zero-order valence-electron chi connectivity index (χ0n) is 37.9. The Morgan fingerprint density at radius 3 is 1.09 bits per heavy atom. The maximum absolute atomic E-state index is 7.08. The lowest BCUT2D eigenvalue weighted by molar-refractivity contribution is 0.632. The van der Waals surface area contributed by atoms with Crippen molar-refractivity contribution in [2.75, 3.05) is 9.80 Å². The molecule has 0 unspecified atom stereocenters. The summed E-state index contributed by atoms with van der Waals surface area (Å²) in [6.07, 6.45) is 0. The summed E-state index contributed by atoms with van der Waals surface area (Å²) in [5, 5.41) is 9.15. The second-order valence-electron chi connectivity index (χ2n) is 18.4. The van der Waals surface area contributed by atoms with Crippen LogP contribution in [0.1, 0.15) is 72.9 Å². The van der Waals surface area contributed by atoms with E-state index in [1.165, 1.54) is 44.2 Å². The fraction of sp³-hybridized carbons (Fsp3) is 0.167. The Kier molecular flexibility index (Phi) is 9.39. The van der Waals surface area contributed by atoms with Gasteiger partial charge >= 0.3 is 0 Å². The first-order chi connectivity index (χ1) is 31.0. The van der Waals surface area contributed by atoms with Crippen molar-refractivity contribution in [3.63, 3.8) is 0 Å². The fourth-order valence-corrected chi connectivity index (χ4v) is 10.0. The maximum Gasteiger partial charge on any atom is 0.178 e. The summed E-state index contributed by atoms with van der Waals surface area (Å²) in [7, 11) is 0. The van der Waals surface area contributed by atoms with Crippen LogP contribution in [-0.4, -0.2) is 0 Å². The second kappa shape index (κ2) is 15.2. The third-order valence-corrected chi connectivity index (χ3v) is 13.5. The molecule has 4 heteroatoms. The predicted octanol–water partition coefficient (Wildman–Crippen LogP) is 18.2. The van der Waals surface area contributed by atoms with Crippen LogP contribution in [0.3, 0.4) is 0 Å². The van der Waals surface area contributed by atoms with E-state index in [2.05, 4.69) is 223 Å². The fourth-order valence-electron chi connectivity index (χ4n) is 10.0. The smallest absolute Gasteiger partial charge is 0.178 e. The molecule has 0 fully saturated rings. The molecule has 0 atom stereocenters. The minimum atomic E-state index is 0.253. The largest absolute Gasteiger partial charge is 0.452 e. The molecular weight excluding hydrogens is 781 g/mol. The molecule has 2 heterocycles. The van der Waals surface area contributed by atoms with Gasteiger partial charge in [-0.05, 0) is 192 Å². The van der Waals surface area contributed by atoms with E-state index in [0.717, 1.165) is 88.8 Å². The Balaban J connectivity index is 1.11.